The minimum atomic E-state index is -0.297. The van der Waals surface area contributed by atoms with Crippen LogP contribution < -0.4 is 5.32 Å². The SMILES string of the molecule is O=C(CN1C(=O)[C@@H]2[C@H](C1=O)[C@H]1C=C[C@H]2C1)Nc1ccc(C23CC4CC(CC(C4)C2)C3)cc1. The van der Waals surface area contributed by atoms with Crippen LogP contribution in [0.4, 0.5) is 5.69 Å². The van der Waals surface area contributed by atoms with Crippen molar-refractivity contribution < 1.29 is 14.4 Å². The molecule has 7 aliphatic rings. The van der Waals surface area contributed by atoms with Crippen LogP contribution >= 0.6 is 0 Å². The zero-order chi connectivity index (χ0) is 21.6. The maximum atomic E-state index is 12.8. The summed E-state index contributed by atoms with van der Waals surface area (Å²) in [6.45, 7) is -0.180. The summed E-state index contributed by atoms with van der Waals surface area (Å²) >= 11 is 0. The van der Waals surface area contributed by atoms with Crippen molar-refractivity contribution >= 4 is 23.4 Å². The van der Waals surface area contributed by atoms with E-state index >= 15 is 0 Å². The quantitative estimate of drug-likeness (QED) is 0.582. The summed E-state index contributed by atoms with van der Waals surface area (Å²) in [6, 6.07) is 8.39. The Morgan fingerprint density at radius 2 is 1.38 bits per heavy atom. The summed E-state index contributed by atoms with van der Waals surface area (Å²) in [5.41, 5.74) is 2.51. The number of anilines is 1. The molecule has 1 aliphatic heterocycles. The largest absolute Gasteiger partial charge is 0.325 e. The molecular weight excluding hydrogens is 400 g/mol. The van der Waals surface area contributed by atoms with Gasteiger partial charge in [0.1, 0.15) is 6.54 Å². The molecule has 32 heavy (non-hydrogen) atoms. The van der Waals surface area contributed by atoms with Gasteiger partial charge in [-0.05, 0) is 97.6 Å². The van der Waals surface area contributed by atoms with Crippen molar-refractivity contribution in [3.63, 3.8) is 0 Å². The zero-order valence-electron chi connectivity index (χ0n) is 18.3. The molecule has 1 heterocycles. The van der Waals surface area contributed by atoms with E-state index in [4.69, 9.17) is 0 Å². The van der Waals surface area contributed by atoms with E-state index in [9.17, 15) is 14.4 Å². The van der Waals surface area contributed by atoms with Gasteiger partial charge in [-0.1, -0.05) is 24.3 Å². The molecule has 5 heteroatoms. The first kappa shape index (κ1) is 19.1. The summed E-state index contributed by atoms with van der Waals surface area (Å²) in [6.07, 6.45) is 13.3. The van der Waals surface area contributed by atoms with E-state index in [1.165, 1.54) is 49.0 Å². The van der Waals surface area contributed by atoms with Gasteiger partial charge in [-0.3, -0.25) is 19.3 Å². The number of carbonyl (C=O) groups excluding carboxylic acids is 3. The molecule has 0 unspecified atom stereocenters. The summed E-state index contributed by atoms with van der Waals surface area (Å²) in [5, 5.41) is 2.91. The summed E-state index contributed by atoms with van der Waals surface area (Å²) in [4.78, 5) is 39.5. The fourth-order valence-corrected chi connectivity index (χ4v) is 8.84. The van der Waals surface area contributed by atoms with Gasteiger partial charge < -0.3 is 5.32 Å². The van der Waals surface area contributed by atoms with Gasteiger partial charge in [-0.25, -0.2) is 0 Å². The normalized spacial score (nSPS) is 42.8. The monoisotopic (exact) mass is 430 g/mol. The van der Waals surface area contributed by atoms with Crippen molar-refractivity contribution in [1.82, 2.24) is 4.90 Å². The van der Waals surface area contributed by atoms with Crippen LogP contribution in [-0.2, 0) is 19.8 Å². The second-order valence-corrected chi connectivity index (χ2v) is 11.6. The number of rotatable bonds is 4. The number of imide groups is 1. The molecule has 6 aliphatic carbocycles. The second-order valence-electron chi connectivity index (χ2n) is 11.6. The molecule has 0 aromatic heterocycles. The number of amides is 3. The van der Waals surface area contributed by atoms with Crippen LogP contribution in [-0.4, -0.2) is 29.2 Å². The van der Waals surface area contributed by atoms with Gasteiger partial charge in [0.2, 0.25) is 17.7 Å². The summed E-state index contributed by atoms with van der Waals surface area (Å²) in [5.74, 6) is 1.94. The molecule has 1 N–H and O–H groups in total. The van der Waals surface area contributed by atoms with Gasteiger partial charge in [0.25, 0.3) is 0 Å². The highest BCUT2D eigenvalue weighted by Gasteiger charge is 2.59. The first-order valence-electron chi connectivity index (χ1n) is 12.4. The fourth-order valence-electron chi connectivity index (χ4n) is 8.84. The van der Waals surface area contributed by atoms with Crippen LogP contribution in [0.5, 0.6) is 0 Å². The average Bonchev–Trinajstić information content (AvgIpc) is 3.43. The predicted octanol–water partition coefficient (Wildman–Crippen LogP) is 3.90. The topological polar surface area (TPSA) is 66.5 Å². The standard InChI is InChI=1S/C27H30N2O3/c30-22(14-29-25(31)23-18-1-2-19(10-18)24(23)26(29)32)28-21-5-3-20(4-6-21)27-11-15-7-16(12-27)9-17(8-15)13-27/h1-6,15-19,23-24H,7-14H2,(H,28,30)/t15?,16?,17?,18-,19-,23-,24+,27?/m0/s1. The Labute approximate surface area is 188 Å². The lowest BCUT2D eigenvalue weighted by molar-refractivity contribution is -0.143. The number of carbonyl (C=O) groups is 3. The molecule has 1 saturated heterocycles. The number of fused-ring (bicyclic) bond motifs is 5. The number of hydrogen-bond donors (Lipinski definition) is 1. The van der Waals surface area contributed by atoms with E-state index < -0.39 is 0 Å². The lowest BCUT2D eigenvalue weighted by Crippen LogP contribution is -2.48. The molecule has 5 saturated carbocycles. The van der Waals surface area contributed by atoms with Crippen LogP contribution in [0.3, 0.4) is 0 Å². The first-order valence-corrected chi connectivity index (χ1v) is 12.4. The second kappa shape index (κ2) is 6.55. The highest BCUT2D eigenvalue weighted by Crippen LogP contribution is 2.60. The van der Waals surface area contributed by atoms with Crippen LogP contribution in [0.1, 0.15) is 50.5 Å². The molecule has 4 atom stereocenters. The van der Waals surface area contributed by atoms with Crippen molar-refractivity contribution in [3.8, 4) is 0 Å². The minimum Gasteiger partial charge on any atom is -0.325 e. The molecule has 3 amide bonds. The van der Waals surface area contributed by atoms with E-state index in [-0.39, 0.29) is 47.9 Å². The summed E-state index contributed by atoms with van der Waals surface area (Å²) in [7, 11) is 0. The molecule has 1 aromatic rings. The molecule has 8 rings (SSSR count). The van der Waals surface area contributed by atoms with Crippen molar-refractivity contribution in [2.24, 2.45) is 41.4 Å². The molecule has 1 aromatic carbocycles. The Morgan fingerprint density at radius 1 is 0.844 bits per heavy atom. The van der Waals surface area contributed by atoms with E-state index in [2.05, 4.69) is 29.6 Å². The van der Waals surface area contributed by atoms with Crippen molar-refractivity contribution in [3.05, 3.63) is 42.0 Å². The Hall–Kier alpha value is -2.43. The smallest absolute Gasteiger partial charge is 0.244 e. The third-order valence-electron chi connectivity index (χ3n) is 9.68. The first-order chi connectivity index (χ1) is 15.5. The van der Waals surface area contributed by atoms with Gasteiger partial charge in [-0.15, -0.1) is 0 Å². The fraction of sp³-hybridized carbons (Fsp3) is 0.593. The number of hydrogen-bond acceptors (Lipinski definition) is 3. The maximum absolute atomic E-state index is 12.8. The Bertz CT molecular complexity index is 976. The van der Waals surface area contributed by atoms with E-state index in [0.717, 1.165) is 29.9 Å². The summed E-state index contributed by atoms with van der Waals surface area (Å²) < 4.78 is 0. The lowest BCUT2D eigenvalue weighted by atomic mass is 9.48. The van der Waals surface area contributed by atoms with Gasteiger partial charge in [0, 0.05) is 5.69 Å². The van der Waals surface area contributed by atoms with Gasteiger partial charge >= 0.3 is 0 Å². The van der Waals surface area contributed by atoms with Crippen LogP contribution in [0.2, 0.25) is 0 Å². The van der Waals surface area contributed by atoms with Crippen molar-refractivity contribution in [1.29, 1.82) is 0 Å². The van der Waals surface area contributed by atoms with E-state index in [0.29, 0.717) is 5.41 Å². The zero-order valence-corrected chi connectivity index (χ0v) is 18.3. The highest BCUT2D eigenvalue weighted by molar-refractivity contribution is 6.09. The van der Waals surface area contributed by atoms with Crippen molar-refractivity contribution in [2.45, 2.75) is 50.4 Å². The predicted molar refractivity (Wildman–Crippen MR) is 119 cm³/mol. The average molecular weight is 431 g/mol. The number of nitrogens with one attached hydrogen (secondary N) is 1. The number of likely N-dealkylation sites (tertiary alicyclic amines) is 1. The van der Waals surface area contributed by atoms with Gasteiger partial charge in [-0.2, -0.15) is 0 Å². The number of benzene rings is 1. The Morgan fingerprint density at radius 3 is 1.91 bits per heavy atom. The minimum absolute atomic E-state index is 0.163. The van der Waals surface area contributed by atoms with Crippen LogP contribution in [0.25, 0.3) is 0 Å². The highest BCUT2D eigenvalue weighted by atomic mass is 16.2. The molecule has 5 nitrogen and oxygen atoms in total. The number of allylic oxidation sites excluding steroid dienone is 2. The Balaban J connectivity index is 1.03. The number of nitrogens with zero attached hydrogens (tertiary/aromatic N) is 1. The molecule has 166 valence electrons. The van der Waals surface area contributed by atoms with Crippen molar-refractivity contribution in [2.75, 3.05) is 11.9 Å². The van der Waals surface area contributed by atoms with Crippen LogP contribution in [0.15, 0.2) is 36.4 Å². The molecule has 0 radical (unpaired) electrons. The van der Waals surface area contributed by atoms with Gasteiger partial charge in [0.15, 0.2) is 0 Å². The molecule has 0 spiro atoms. The van der Waals surface area contributed by atoms with E-state index in [1.807, 2.05) is 12.1 Å². The lowest BCUT2D eigenvalue weighted by Gasteiger charge is -2.57. The molecule has 6 fully saturated rings. The van der Waals surface area contributed by atoms with Crippen LogP contribution in [0, 0.1) is 41.4 Å². The maximum Gasteiger partial charge on any atom is 0.244 e. The molecule has 6 bridgehead atoms. The Kier molecular flexibility index (Phi) is 3.91. The molecular formula is C27H30N2O3. The van der Waals surface area contributed by atoms with E-state index in [1.54, 1.807) is 0 Å². The third kappa shape index (κ3) is 2.66. The third-order valence-corrected chi connectivity index (χ3v) is 9.68. The van der Waals surface area contributed by atoms with Gasteiger partial charge in [0.05, 0.1) is 11.8 Å².